The van der Waals surface area contributed by atoms with Crippen LogP contribution in [-0.4, -0.2) is 4.98 Å². The highest BCUT2D eigenvalue weighted by molar-refractivity contribution is 5.22. The smallest absolute Gasteiger partial charge is 0.128 e. The highest BCUT2D eigenvalue weighted by Gasteiger charge is 2.12. The van der Waals surface area contributed by atoms with Crippen LogP contribution in [0.25, 0.3) is 0 Å². The second-order valence-corrected chi connectivity index (χ2v) is 4.13. The summed E-state index contributed by atoms with van der Waals surface area (Å²) in [6, 6.07) is 8.41. The normalized spacial score (nSPS) is 12.4. The van der Waals surface area contributed by atoms with Crippen LogP contribution in [-0.2, 0) is 6.42 Å². The van der Waals surface area contributed by atoms with Crippen molar-refractivity contribution in [2.45, 2.75) is 18.9 Å². The summed E-state index contributed by atoms with van der Waals surface area (Å²) in [7, 11) is 0. The Hall–Kier alpha value is -1.81. The van der Waals surface area contributed by atoms with Crippen LogP contribution in [0.1, 0.15) is 23.7 Å². The Morgan fingerprint density at radius 2 is 2.00 bits per heavy atom. The molecule has 18 heavy (non-hydrogen) atoms. The third-order valence-corrected chi connectivity index (χ3v) is 2.80. The second kappa shape index (κ2) is 5.69. The molecule has 2 rings (SSSR count). The number of rotatable bonds is 4. The van der Waals surface area contributed by atoms with E-state index in [1.807, 2.05) is 18.2 Å². The zero-order valence-electron chi connectivity index (χ0n) is 9.81. The van der Waals surface area contributed by atoms with Gasteiger partial charge in [-0.3, -0.25) is 4.98 Å². The molecule has 1 aromatic carbocycles. The Morgan fingerprint density at radius 3 is 2.72 bits per heavy atom. The van der Waals surface area contributed by atoms with Gasteiger partial charge in [0.15, 0.2) is 0 Å². The van der Waals surface area contributed by atoms with E-state index in [2.05, 4.69) is 4.98 Å². The Kier molecular flexibility index (Phi) is 3.99. The number of nitrogens with two attached hydrogens (primary N) is 1. The van der Waals surface area contributed by atoms with E-state index in [4.69, 9.17) is 5.73 Å². The van der Waals surface area contributed by atoms with Crippen molar-refractivity contribution in [3.8, 4) is 0 Å². The largest absolute Gasteiger partial charge is 0.324 e. The summed E-state index contributed by atoms with van der Waals surface area (Å²) in [5.74, 6) is -0.940. The van der Waals surface area contributed by atoms with Crippen molar-refractivity contribution >= 4 is 0 Å². The van der Waals surface area contributed by atoms with E-state index < -0.39 is 17.7 Å². The SMILES string of the molecule is NC(CCc1ccccn1)c1cc(F)ccc1F. The molecule has 1 atom stereocenters. The standard InChI is InChI=1S/C14H14F2N2/c15-10-4-6-13(16)12(9-10)14(17)7-5-11-3-1-2-8-18-11/h1-4,6,8-9,14H,5,7,17H2. The first kappa shape index (κ1) is 12.6. The Balaban J connectivity index is 2.03. The summed E-state index contributed by atoms with van der Waals surface area (Å²) >= 11 is 0. The maximum atomic E-state index is 13.5. The number of hydrogen-bond donors (Lipinski definition) is 1. The van der Waals surface area contributed by atoms with Crippen LogP contribution in [0.5, 0.6) is 0 Å². The minimum absolute atomic E-state index is 0.214. The molecule has 0 saturated carbocycles. The molecule has 0 aliphatic rings. The number of aryl methyl sites for hydroxylation is 1. The molecular formula is C14H14F2N2. The molecule has 0 fully saturated rings. The van der Waals surface area contributed by atoms with E-state index in [0.29, 0.717) is 12.8 Å². The Morgan fingerprint density at radius 1 is 1.17 bits per heavy atom. The number of halogens is 2. The first-order valence-electron chi connectivity index (χ1n) is 5.77. The van der Waals surface area contributed by atoms with Crippen molar-refractivity contribution in [1.82, 2.24) is 4.98 Å². The predicted molar refractivity (Wildman–Crippen MR) is 65.8 cm³/mol. The van der Waals surface area contributed by atoms with Crippen LogP contribution in [0.2, 0.25) is 0 Å². The minimum atomic E-state index is -0.525. The molecule has 0 amide bonds. The Labute approximate surface area is 104 Å². The van der Waals surface area contributed by atoms with Crippen LogP contribution in [0.3, 0.4) is 0 Å². The molecule has 1 unspecified atom stereocenters. The second-order valence-electron chi connectivity index (χ2n) is 4.13. The predicted octanol–water partition coefficient (Wildman–Crippen LogP) is 2.99. The molecular weight excluding hydrogens is 234 g/mol. The van der Waals surface area contributed by atoms with Crippen LogP contribution in [0, 0.1) is 11.6 Å². The molecule has 0 radical (unpaired) electrons. The summed E-state index contributed by atoms with van der Waals surface area (Å²) in [5, 5.41) is 0. The van der Waals surface area contributed by atoms with Gasteiger partial charge in [0.05, 0.1) is 0 Å². The molecule has 1 aromatic heterocycles. The van der Waals surface area contributed by atoms with Crippen molar-refractivity contribution in [2.24, 2.45) is 5.73 Å². The van der Waals surface area contributed by atoms with Gasteiger partial charge in [0.25, 0.3) is 0 Å². The van der Waals surface area contributed by atoms with Gasteiger partial charge in [0.2, 0.25) is 0 Å². The molecule has 2 nitrogen and oxygen atoms in total. The molecule has 0 aliphatic carbocycles. The lowest BCUT2D eigenvalue weighted by molar-refractivity contribution is 0.547. The van der Waals surface area contributed by atoms with E-state index in [1.165, 1.54) is 0 Å². The molecule has 2 N–H and O–H groups in total. The number of aromatic nitrogens is 1. The first-order valence-corrected chi connectivity index (χ1v) is 5.77. The van der Waals surface area contributed by atoms with Crippen molar-refractivity contribution in [3.63, 3.8) is 0 Å². The van der Waals surface area contributed by atoms with Crippen molar-refractivity contribution in [2.75, 3.05) is 0 Å². The van der Waals surface area contributed by atoms with Crippen LogP contribution >= 0.6 is 0 Å². The van der Waals surface area contributed by atoms with E-state index in [-0.39, 0.29) is 5.56 Å². The molecule has 0 spiro atoms. The maximum Gasteiger partial charge on any atom is 0.128 e. The highest BCUT2D eigenvalue weighted by atomic mass is 19.1. The van der Waals surface area contributed by atoms with Gasteiger partial charge in [-0.15, -0.1) is 0 Å². The summed E-state index contributed by atoms with van der Waals surface area (Å²) in [4.78, 5) is 4.16. The topological polar surface area (TPSA) is 38.9 Å². The van der Waals surface area contributed by atoms with Gasteiger partial charge in [0.1, 0.15) is 11.6 Å². The molecule has 0 saturated heterocycles. The number of benzene rings is 1. The van der Waals surface area contributed by atoms with Crippen LogP contribution in [0.15, 0.2) is 42.6 Å². The van der Waals surface area contributed by atoms with Gasteiger partial charge >= 0.3 is 0 Å². The van der Waals surface area contributed by atoms with E-state index >= 15 is 0 Å². The number of hydrogen-bond acceptors (Lipinski definition) is 2. The first-order chi connectivity index (χ1) is 8.66. The van der Waals surface area contributed by atoms with Crippen LogP contribution in [0.4, 0.5) is 8.78 Å². The Bertz CT molecular complexity index is 514. The molecule has 4 heteroatoms. The lowest BCUT2D eigenvalue weighted by atomic mass is 10.0. The van der Waals surface area contributed by atoms with E-state index in [0.717, 1.165) is 23.9 Å². The van der Waals surface area contributed by atoms with Gasteiger partial charge in [-0.2, -0.15) is 0 Å². The lowest BCUT2D eigenvalue weighted by Crippen LogP contribution is -2.13. The fourth-order valence-corrected chi connectivity index (χ4v) is 1.80. The van der Waals surface area contributed by atoms with Gasteiger partial charge < -0.3 is 5.73 Å². The van der Waals surface area contributed by atoms with Crippen molar-refractivity contribution in [3.05, 3.63) is 65.5 Å². The van der Waals surface area contributed by atoms with Crippen molar-refractivity contribution in [1.29, 1.82) is 0 Å². The maximum absolute atomic E-state index is 13.5. The number of nitrogens with zero attached hydrogens (tertiary/aromatic N) is 1. The van der Waals surface area contributed by atoms with Gasteiger partial charge in [-0.05, 0) is 43.2 Å². The quantitative estimate of drug-likeness (QED) is 0.903. The minimum Gasteiger partial charge on any atom is -0.324 e. The fraction of sp³-hybridized carbons (Fsp3) is 0.214. The fourth-order valence-electron chi connectivity index (χ4n) is 1.80. The molecule has 2 aromatic rings. The summed E-state index contributed by atoms with van der Waals surface area (Å²) in [6.07, 6.45) is 2.86. The third-order valence-electron chi connectivity index (χ3n) is 2.80. The monoisotopic (exact) mass is 248 g/mol. The van der Waals surface area contributed by atoms with E-state index in [9.17, 15) is 8.78 Å². The molecule has 0 bridgehead atoms. The summed E-state index contributed by atoms with van der Waals surface area (Å²) in [6.45, 7) is 0. The molecule has 0 aliphatic heterocycles. The summed E-state index contributed by atoms with van der Waals surface area (Å²) in [5.41, 5.74) is 6.99. The summed E-state index contributed by atoms with van der Waals surface area (Å²) < 4.78 is 26.5. The van der Waals surface area contributed by atoms with E-state index in [1.54, 1.807) is 6.20 Å². The molecule has 1 heterocycles. The third kappa shape index (κ3) is 3.11. The van der Waals surface area contributed by atoms with Gasteiger partial charge in [0, 0.05) is 23.5 Å². The lowest BCUT2D eigenvalue weighted by Gasteiger charge is -2.12. The number of pyridine rings is 1. The zero-order chi connectivity index (χ0) is 13.0. The van der Waals surface area contributed by atoms with Crippen molar-refractivity contribution < 1.29 is 8.78 Å². The van der Waals surface area contributed by atoms with Crippen LogP contribution < -0.4 is 5.73 Å². The molecule has 94 valence electrons. The highest BCUT2D eigenvalue weighted by Crippen LogP contribution is 2.20. The average Bonchev–Trinajstić information content (AvgIpc) is 2.40. The zero-order valence-corrected chi connectivity index (χ0v) is 9.81. The van der Waals surface area contributed by atoms with Gasteiger partial charge in [-0.1, -0.05) is 6.07 Å². The average molecular weight is 248 g/mol. The van der Waals surface area contributed by atoms with Gasteiger partial charge in [-0.25, -0.2) is 8.78 Å².